The number of carbonyl (C=O) groups is 8. The first-order chi connectivity index (χ1) is 32.4. The van der Waals surface area contributed by atoms with E-state index in [1.165, 1.54) is 31.4 Å². The van der Waals surface area contributed by atoms with Crippen molar-refractivity contribution >= 4 is 47.6 Å². The quantitative estimate of drug-likeness (QED) is 0.0928. The molecule has 0 bridgehead atoms. The molecule has 0 aliphatic carbocycles. The van der Waals surface area contributed by atoms with Crippen LogP contribution in [0.15, 0.2) is 48.5 Å². The molecule has 0 aromatic heterocycles. The van der Waals surface area contributed by atoms with Gasteiger partial charge in [0.05, 0.1) is 29.1 Å². The van der Waals surface area contributed by atoms with Gasteiger partial charge in [0.1, 0.15) is 55.1 Å². The van der Waals surface area contributed by atoms with Gasteiger partial charge in [0.2, 0.25) is 12.2 Å². The number of imide groups is 1. The van der Waals surface area contributed by atoms with Crippen LogP contribution in [0.3, 0.4) is 0 Å². The normalized spacial score (nSPS) is 25.7. The lowest BCUT2D eigenvalue weighted by molar-refractivity contribution is -0.333. The number of amides is 3. The number of carbonyl (C=O) groups excluding carboxylic acids is 8. The average molecular weight is 969 g/mol. The molecule has 2 aromatic rings. The fourth-order valence-electron chi connectivity index (χ4n) is 7.76. The zero-order chi connectivity index (χ0) is 51.0. The molecule has 69 heavy (non-hydrogen) atoms. The van der Waals surface area contributed by atoms with E-state index in [2.05, 4.69) is 5.32 Å². The van der Waals surface area contributed by atoms with Gasteiger partial charge in [0.15, 0.2) is 24.6 Å². The highest BCUT2D eigenvalue weighted by molar-refractivity contribution is 6.21. The topological polar surface area (TPSA) is 244 Å². The summed E-state index contributed by atoms with van der Waals surface area (Å²) >= 11 is 0. The number of fused-ring (bicyclic) bond motifs is 1. The smallest absolute Gasteiger partial charge is 0.311 e. The largest absolute Gasteiger partial charge is 0.497 e. The van der Waals surface area contributed by atoms with Gasteiger partial charge in [-0.15, -0.1) is 0 Å². The van der Waals surface area contributed by atoms with E-state index >= 15 is 0 Å². The van der Waals surface area contributed by atoms with Crippen molar-refractivity contribution in [3.05, 3.63) is 59.7 Å². The molecule has 2 saturated heterocycles. The molecule has 20 heteroatoms. The Bertz CT molecular complexity index is 2160. The van der Waals surface area contributed by atoms with Crippen molar-refractivity contribution in [1.29, 1.82) is 0 Å². The van der Waals surface area contributed by atoms with Gasteiger partial charge in [-0.25, -0.2) is 0 Å². The number of rotatable bonds is 18. The zero-order valence-corrected chi connectivity index (χ0v) is 40.9. The van der Waals surface area contributed by atoms with E-state index in [1.54, 1.807) is 65.8 Å². The summed E-state index contributed by atoms with van der Waals surface area (Å²) in [6.45, 7) is 13.6. The lowest BCUT2D eigenvalue weighted by atomic mass is 9.92. The van der Waals surface area contributed by atoms with E-state index in [4.69, 9.17) is 47.4 Å². The minimum Gasteiger partial charge on any atom is -0.497 e. The van der Waals surface area contributed by atoms with Gasteiger partial charge in [-0.1, -0.05) is 31.9 Å². The molecule has 0 saturated carbocycles. The van der Waals surface area contributed by atoms with Crippen LogP contribution in [0.25, 0.3) is 0 Å². The molecule has 3 aliphatic rings. The fraction of sp³-hybridized carbons (Fsp3) is 0.592. The first kappa shape index (κ1) is 53.8. The van der Waals surface area contributed by atoms with Gasteiger partial charge in [-0.05, 0) is 84.4 Å². The van der Waals surface area contributed by atoms with Gasteiger partial charge in [-0.2, -0.15) is 0 Å². The number of ether oxygens (including phenoxy) is 10. The Morgan fingerprint density at radius 2 is 1.17 bits per heavy atom. The predicted molar refractivity (Wildman–Crippen MR) is 240 cm³/mol. The molecule has 10 atom stereocenters. The van der Waals surface area contributed by atoms with Crippen molar-refractivity contribution in [3.63, 3.8) is 0 Å². The SMILES string of the molecule is CCCCCC(=O)N[C@H]1[C@H](Oc2ccc(OC)cc2)O[C@H](COC(=O)C(C)(C)C)[C@@H](O[C@@H]2O[C@H](COC(C)=O)[C@@H](OC(C)=O)[C@H](OC(C)=O)[C@H]2N2C(=O)c3ccccc3C2=O)[C@@H]1OC(=O)C(C)(C)C. The second-order valence-electron chi connectivity index (χ2n) is 19.0. The van der Waals surface area contributed by atoms with Crippen LogP contribution >= 0.6 is 0 Å². The van der Waals surface area contributed by atoms with Crippen molar-refractivity contribution in [2.75, 3.05) is 20.3 Å². The third kappa shape index (κ3) is 13.6. The van der Waals surface area contributed by atoms with Crippen LogP contribution in [-0.4, -0.2) is 134 Å². The lowest BCUT2D eigenvalue weighted by Crippen LogP contribution is -2.71. The van der Waals surface area contributed by atoms with Crippen molar-refractivity contribution in [1.82, 2.24) is 10.2 Å². The molecule has 5 rings (SSSR count). The van der Waals surface area contributed by atoms with Crippen LogP contribution in [-0.2, 0) is 66.7 Å². The molecule has 3 amide bonds. The Labute approximate surface area is 401 Å². The molecule has 2 aromatic carbocycles. The van der Waals surface area contributed by atoms with Crippen LogP contribution < -0.4 is 14.8 Å². The number of benzene rings is 2. The Kier molecular flexibility index (Phi) is 17.9. The molecule has 3 aliphatic heterocycles. The van der Waals surface area contributed by atoms with Crippen molar-refractivity contribution < 1.29 is 85.7 Å². The van der Waals surface area contributed by atoms with Crippen LogP contribution in [0.1, 0.15) is 116 Å². The van der Waals surface area contributed by atoms with Gasteiger partial charge >= 0.3 is 29.8 Å². The summed E-state index contributed by atoms with van der Waals surface area (Å²) in [6.07, 6.45) is -11.1. The van der Waals surface area contributed by atoms with E-state index in [-0.39, 0.29) is 23.3 Å². The summed E-state index contributed by atoms with van der Waals surface area (Å²) in [7, 11) is 1.49. The van der Waals surface area contributed by atoms with Crippen molar-refractivity contribution in [2.24, 2.45) is 10.8 Å². The number of nitrogens with zero attached hydrogens (tertiary/aromatic N) is 1. The van der Waals surface area contributed by atoms with E-state index < -0.39 is 133 Å². The first-order valence-electron chi connectivity index (χ1n) is 22.8. The zero-order valence-electron chi connectivity index (χ0n) is 40.9. The molecule has 0 unspecified atom stereocenters. The molecular weight excluding hydrogens is 905 g/mol. The maximum atomic E-state index is 14.4. The summed E-state index contributed by atoms with van der Waals surface area (Å²) in [5, 5.41) is 2.93. The maximum Gasteiger partial charge on any atom is 0.311 e. The third-order valence-electron chi connectivity index (χ3n) is 11.2. The average Bonchev–Trinajstić information content (AvgIpc) is 3.52. The minimum atomic E-state index is -1.95. The summed E-state index contributed by atoms with van der Waals surface area (Å²) < 4.78 is 60.8. The Morgan fingerprint density at radius 3 is 1.71 bits per heavy atom. The number of hydrogen-bond donors (Lipinski definition) is 1. The lowest BCUT2D eigenvalue weighted by Gasteiger charge is -2.50. The maximum absolute atomic E-state index is 14.4. The number of methoxy groups -OCH3 is 1. The van der Waals surface area contributed by atoms with Crippen molar-refractivity contribution in [3.8, 4) is 11.5 Å². The van der Waals surface area contributed by atoms with E-state index in [9.17, 15) is 38.4 Å². The molecule has 1 N–H and O–H groups in total. The molecule has 0 spiro atoms. The Morgan fingerprint density at radius 1 is 0.638 bits per heavy atom. The summed E-state index contributed by atoms with van der Waals surface area (Å²) in [6, 6.07) is 9.08. The van der Waals surface area contributed by atoms with Gasteiger partial charge in [0.25, 0.3) is 11.8 Å². The number of unbranched alkanes of at least 4 members (excludes halogenated alkanes) is 2. The molecule has 378 valence electrons. The highest BCUT2D eigenvalue weighted by Gasteiger charge is 2.60. The highest BCUT2D eigenvalue weighted by atomic mass is 16.7. The third-order valence-corrected chi connectivity index (χ3v) is 11.2. The summed E-state index contributed by atoms with van der Waals surface area (Å²) in [5.41, 5.74) is -2.27. The molecule has 20 nitrogen and oxygen atoms in total. The van der Waals surface area contributed by atoms with Crippen LogP contribution in [0.5, 0.6) is 11.5 Å². The van der Waals surface area contributed by atoms with Crippen LogP contribution in [0.2, 0.25) is 0 Å². The molecule has 0 radical (unpaired) electrons. The van der Waals surface area contributed by atoms with Crippen LogP contribution in [0.4, 0.5) is 0 Å². The minimum absolute atomic E-state index is 0.0248. The monoisotopic (exact) mass is 968 g/mol. The first-order valence-corrected chi connectivity index (χ1v) is 22.8. The van der Waals surface area contributed by atoms with Gasteiger partial charge in [0, 0.05) is 27.2 Å². The number of hydrogen-bond acceptors (Lipinski definition) is 18. The van der Waals surface area contributed by atoms with E-state index in [1.807, 2.05) is 6.92 Å². The molecule has 3 heterocycles. The standard InChI is InChI=1S/C49H64N2O18/c1-12-13-14-19-35(55)50-36-40(69-47(59)49(8,9)10)38(34(25-62-46(58)48(5,6)7)66-44(36)65-30-22-20-29(60-11)21-23-30)68-45-37(51-42(56)31-17-15-16-18-32(31)43(51)57)41(64-28(4)54)39(63-27(3)53)33(67-45)24-61-26(2)52/h15-18,20-23,33-34,36-41,44-45H,12-14,19,24-25H2,1-11H3,(H,50,55)/t33-,34-,36-,37-,38-,39-,40-,41-,44-,45+/m1/s1. The Hall–Kier alpha value is -6.12. The molecular formula is C49H64N2O18. The Balaban J connectivity index is 1.75. The predicted octanol–water partition coefficient (Wildman–Crippen LogP) is 4.61. The van der Waals surface area contributed by atoms with Gasteiger partial charge in [-0.3, -0.25) is 43.3 Å². The van der Waals surface area contributed by atoms with E-state index in [0.29, 0.717) is 12.2 Å². The second-order valence-corrected chi connectivity index (χ2v) is 19.0. The van der Waals surface area contributed by atoms with E-state index in [0.717, 1.165) is 38.5 Å². The summed E-state index contributed by atoms with van der Waals surface area (Å²) in [5.74, 6) is -5.57. The molecule has 2 fully saturated rings. The van der Waals surface area contributed by atoms with Gasteiger partial charge < -0.3 is 52.7 Å². The van der Waals surface area contributed by atoms with Crippen LogP contribution in [0, 0.1) is 10.8 Å². The second kappa shape index (κ2) is 23.0. The fourth-order valence-corrected chi connectivity index (χ4v) is 7.76. The number of nitrogens with one attached hydrogen (secondary N) is 1. The van der Waals surface area contributed by atoms with Crippen molar-refractivity contribution in [2.45, 2.75) is 156 Å². The summed E-state index contributed by atoms with van der Waals surface area (Å²) in [4.78, 5) is 109. The number of esters is 5. The highest BCUT2D eigenvalue weighted by Crippen LogP contribution is 2.39.